The van der Waals surface area contributed by atoms with Crippen molar-refractivity contribution in [2.75, 3.05) is 27.2 Å². The summed E-state index contributed by atoms with van der Waals surface area (Å²) in [4.78, 5) is 212. The van der Waals surface area contributed by atoms with E-state index in [9.17, 15) is 67.1 Å². The van der Waals surface area contributed by atoms with Crippen LogP contribution < -0.4 is 0 Å². The molecule has 130 heavy (non-hydrogen) atoms. The van der Waals surface area contributed by atoms with Gasteiger partial charge in [0, 0.05) is 101 Å². The van der Waals surface area contributed by atoms with E-state index in [0.717, 1.165) is 252 Å². The Morgan fingerprint density at radius 2 is 0.554 bits per heavy atom. The van der Waals surface area contributed by atoms with Gasteiger partial charge in [0.25, 0.3) is 35.4 Å². The summed E-state index contributed by atoms with van der Waals surface area (Å²) in [6, 6.07) is 14.2. The number of benzene rings is 8. The Bertz CT molecular complexity index is 6860. The summed E-state index contributed by atoms with van der Waals surface area (Å²) < 4.78 is 0. The molecule has 24 rings (SSSR count). The van der Waals surface area contributed by atoms with Crippen molar-refractivity contribution in [1.29, 1.82) is 0 Å². The summed E-state index contributed by atoms with van der Waals surface area (Å²) in [5.41, 5.74) is 8.45. The molecule has 8 aromatic carbocycles. The molecule has 4 saturated carbocycles. The molecule has 660 valence electrons. The van der Waals surface area contributed by atoms with Crippen LogP contribution in [0, 0.1) is 13.8 Å². The minimum absolute atomic E-state index is 0.000546. The molecule has 14 amide bonds. The third-order valence-electron chi connectivity index (χ3n) is 29.4. The third-order valence-corrected chi connectivity index (χ3v) is 35.1. The number of amides is 14. The summed E-state index contributed by atoms with van der Waals surface area (Å²) in [5, 5.41) is 14.4. The van der Waals surface area contributed by atoms with Crippen molar-refractivity contribution < 1.29 is 67.1 Å². The van der Waals surface area contributed by atoms with Gasteiger partial charge in [-0.25, -0.2) is 0 Å². The molecule has 8 aliphatic heterocycles. The zero-order chi connectivity index (χ0) is 90.3. The average Bonchev–Trinajstić information content (AvgIpc) is 1.24. The van der Waals surface area contributed by atoms with Crippen LogP contribution in [0.4, 0.5) is 0 Å². The number of hydrogen-bond donors (Lipinski definition) is 0. The fraction of sp³-hybridized carbons (Fsp3) is 0.373. The van der Waals surface area contributed by atoms with E-state index in [-0.39, 0.29) is 112 Å². The number of imide groups is 6. The Balaban J connectivity index is 0.000000106. The van der Waals surface area contributed by atoms with E-state index in [1.807, 2.05) is 40.3 Å². The van der Waals surface area contributed by atoms with Crippen LogP contribution in [0.2, 0.25) is 0 Å². The Morgan fingerprint density at radius 3 is 0.877 bits per heavy atom. The van der Waals surface area contributed by atoms with Crippen LogP contribution in [-0.2, 0) is 0 Å². The Labute approximate surface area is 779 Å². The fourth-order valence-corrected chi connectivity index (χ4v) is 29.4. The quantitative estimate of drug-likeness (QED) is 0.0376. The SMILES string of the molecule is CCCCCCCN1C(=O)c2ccc3c4c(c5c[se]cc5c(c24)C1=O)C(=O)N(CCCCCCC)C3=O.CN1C(=O)c2ccc3c4c(c5cscc5c(c24)C1=O)C(=O)N(C)C3=O.Cc1sc(C)c2c3c4c(ccc5c4c(c12)C(=O)N(C1CCCC1)C5=S)C(=S)N(C1CCCC1)C3=O.O=C1c2ccc3c4c(c5c[se]cc5c(c24)C(=O)N1C1CCCC1)C(=O)N(C1CCCC1)C3=O. The molecule has 0 unspecified atom stereocenters. The molecule has 0 radical (unpaired) electrons. The molecule has 0 saturated heterocycles. The van der Waals surface area contributed by atoms with Gasteiger partial charge in [0.1, 0.15) is 9.98 Å². The van der Waals surface area contributed by atoms with Crippen molar-refractivity contribution in [3.63, 3.8) is 0 Å². The number of fused-ring (bicyclic) bond motifs is 12. The van der Waals surface area contributed by atoms with Gasteiger partial charge in [-0.05, 0) is 62.4 Å². The second-order valence-electron chi connectivity index (χ2n) is 36.6. The van der Waals surface area contributed by atoms with Crippen molar-refractivity contribution in [3.8, 4) is 0 Å². The van der Waals surface area contributed by atoms with Crippen LogP contribution in [0.15, 0.2) is 79.1 Å². The fourth-order valence-electron chi connectivity index (χ4n) is 23.2. The number of thiophene rings is 2. The predicted octanol–water partition coefficient (Wildman–Crippen LogP) is 19.6. The summed E-state index contributed by atoms with van der Waals surface area (Å²) in [5.74, 6) is -4.03. The van der Waals surface area contributed by atoms with Gasteiger partial charge in [0.15, 0.2) is 0 Å². The van der Waals surface area contributed by atoms with Crippen LogP contribution in [-0.4, -0.2) is 212 Å². The summed E-state index contributed by atoms with van der Waals surface area (Å²) in [6.45, 7) is 9.24. The number of carbonyl (C=O) groups excluding carboxylic acids is 14. The molecule has 0 atom stereocenters. The van der Waals surface area contributed by atoms with Crippen LogP contribution in [0.5, 0.6) is 0 Å². The number of aryl methyl sites for hydroxylation is 2. The first-order valence-electron chi connectivity index (χ1n) is 45.8. The van der Waals surface area contributed by atoms with Gasteiger partial charge in [-0.3, -0.25) is 48.4 Å². The maximum absolute atomic E-state index is 14.3. The van der Waals surface area contributed by atoms with Gasteiger partial charge >= 0.3 is 420 Å². The van der Waals surface area contributed by atoms with Crippen molar-refractivity contribution in [1.82, 2.24) is 39.2 Å². The number of thiocarbonyl (C=S) groups is 2. The number of hydrogen-bond acceptors (Lipinski definition) is 18. The second kappa shape index (κ2) is 33.2. The number of unbranched alkanes of at least 4 members (excludes halogenated alkanes) is 8. The number of carbonyl (C=O) groups is 14. The minimum atomic E-state index is -0.427. The molecule has 12 aromatic rings. The molecule has 0 bridgehead atoms. The van der Waals surface area contributed by atoms with E-state index in [4.69, 9.17) is 24.4 Å². The van der Waals surface area contributed by atoms with Gasteiger partial charge in [0.2, 0.25) is 0 Å². The number of nitrogens with zero attached hydrogens (tertiary/aromatic N) is 8. The average molecular weight is 1940 g/mol. The molecule has 4 aromatic heterocycles. The first-order valence-corrected chi connectivity index (χ1v) is 52.3. The van der Waals surface area contributed by atoms with E-state index >= 15 is 0 Å². The van der Waals surface area contributed by atoms with Gasteiger partial charge in [0.05, 0.1) is 22.3 Å². The molecule has 0 N–H and O–H groups in total. The molecule has 28 heteroatoms. The summed E-state index contributed by atoms with van der Waals surface area (Å²) >= 11 is 15.0. The zero-order valence-corrected chi connectivity index (χ0v) is 79.6. The molecular formula is C102H92N8O14S4Se2. The van der Waals surface area contributed by atoms with Crippen LogP contribution >= 0.6 is 47.1 Å². The third kappa shape index (κ3) is 12.7. The normalized spacial score (nSPS) is 18.6. The van der Waals surface area contributed by atoms with Crippen LogP contribution in [0.25, 0.3) is 86.2 Å². The van der Waals surface area contributed by atoms with Crippen LogP contribution in [0.1, 0.15) is 347 Å². The van der Waals surface area contributed by atoms with Crippen molar-refractivity contribution in [2.45, 2.75) is 219 Å². The van der Waals surface area contributed by atoms with E-state index < -0.39 is 23.6 Å². The Kier molecular flexibility index (Phi) is 21.9. The molecule has 12 heterocycles. The number of rotatable bonds is 16. The molecule has 4 fully saturated rings. The maximum atomic E-state index is 14.3. The van der Waals surface area contributed by atoms with Gasteiger partial charge in [-0.1, -0.05) is 62.3 Å². The first-order chi connectivity index (χ1) is 62.9. The van der Waals surface area contributed by atoms with E-state index in [0.29, 0.717) is 133 Å². The molecule has 4 aliphatic carbocycles. The van der Waals surface area contributed by atoms with E-state index in [1.165, 1.54) is 45.0 Å². The van der Waals surface area contributed by atoms with Crippen molar-refractivity contribution in [2.24, 2.45) is 0 Å². The monoisotopic (exact) mass is 1940 g/mol. The van der Waals surface area contributed by atoms with Gasteiger partial charge in [-0.15, -0.1) is 11.3 Å². The van der Waals surface area contributed by atoms with Gasteiger partial charge < -0.3 is 0 Å². The molecule has 0 spiro atoms. The predicted molar refractivity (Wildman–Crippen MR) is 512 cm³/mol. The first kappa shape index (κ1) is 85.9. The zero-order valence-electron chi connectivity index (χ0n) is 72.9. The second-order valence-corrected chi connectivity index (χ2v) is 42.6. The van der Waals surface area contributed by atoms with Crippen molar-refractivity contribution >= 4 is 255 Å². The summed E-state index contributed by atoms with van der Waals surface area (Å²) in [7, 11) is 2.88. The van der Waals surface area contributed by atoms with E-state index in [2.05, 4.69) is 39.8 Å². The Morgan fingerprint density at radius 1 is 0.292 bits per heavy atom. The van der Waals surface area contributed by atoms with Crippen LogP contribution in [0.3, 0.4) is 0 Å². The van der Waals surface area contributed by atoms with Crippen molar-refractivity contribution in [3.05, 3.63) is 178 Å². The molecule has 12 aliphatic rings. The standard InChI is InChI=1S/C30H34N2O4Se.C28H26N2O2S3.C26H22N2O4Se.C18H10N2O4S/c1-3-5-7-9-11-15-31-27(33)19-13-14-20-24-23(19)25(29(31)35)21-17-37-18-22(21)26(24)30(36)32(28(20)34)16-12-10-8-6-4-2;1-13-19-20(14(2)35-13)24-22-18(28(34)30(26(24)32)16-9-5-6-10-16)12-11-17-21(22)23(19)25(31)29(27(17)33)15-7-3-4-8-15;29-23-15-9-10-16-20-19(15)21(25(31)27(23)13-5-1-2-6-13)17-11-33-12-18(17)22(20)26(32)28(24(16)30)14-7-3-4-8-14;1-19-15(21)7-3-4-8-12-11(7)13(17(19)23)9-5-25-6-10(9)14(12)18(24)20(2)16(8)22/h13-14,17-18H,3-12,15-16H2,1-2H3;11-12,15-16H,3-10H2,1-2H3;9-14H,1-8H2;3-6H,1-2H3. The van der Waals surface area contributed by atoms with E-state index in [1.54, 1.807) is 47.7 Å². The summed E-state index contributed by atoms with van der Waals surface area (Å²) in [6.07, 6.45) is 26.1. The molecule has 22 nitrogen and oxygen atoms in total. The molecular weight excluding hydrogens is 1850 g/mol. The Hall–Kier alpha value is -10.8. The van der Waals surface area contributed by atoms with Gasteiger partial charge in [-0.2, -0.15) is 11.3 Å². The topological polar surface area (TPSA) is 265 Å².